The lowest BCUT2D eigenvalue weighted by Gasteiger charge is -2.20. The highest BCUT2D eigenvalue weighted by atomic mass is 16.5. The molecule has 4 nitrogen and oxygen atoms in total. The maximum atomic E-state index is 11.3. The van der Waals surface area contributed by atoms with Crippen LogP contribution in [0.3, 0.4) is 0 Å². The number of aliphatic hydroxyl groups excluding tert-OH is 1. The molecule has 1 spiro atoms. The van der Waals surface area contributed by atoms with E-state index in [1.54, 1.807) is 0 Å². The van der Waals surface area contributed by atoms with Gasteiger partial charge in [0.25, 0.3) is 0 Å². The molecule has 0 bridgehead atoms. The van der Waals surface area contributed by atoms with Crippen LogP contribution < -0.4 is 9.84 Å². The standard InChI is InChI=1S/C32H36O4/c1-20-15-26(36-14-13-33)16-21(2)31(20)27-6-4-5-24(22(27)3)9-7-23-8-10-28-25(17-23)19-32(11-12-32)29(28)18-30(34)35/h4-6,8,10,15-17,29,33H,7,9,11-14,18-19H2,1-3H3,(H,34,35)/p-1. The summed E-state index contributed by atoms with van der Waals surface area (Å²) >= 11 is 0. The predicted molar refractivity (Wildman–Crippen MR) is 140 cm³/mol. The van der Waals surface area contributed by atoms with E-state index in [0.29, 0.717) is 6.61 Å². The van der Waals surface area contributed by atoms with Crippen LogP contribution in [-0.4, -0.2) is 24.3 Å². The molecule has 1 fully saturated rings. The van der Waals surface area contributed by atoms with Gasteiger partial charge in [0, 0.05) is 5.97 Å². The van der Waals surface area contributed by atoms with Crippen LogP contribution in [0.15, 0.2) is 48.5 Å². The Morgan fingerprint density at radius 3 is 2.47 bits per heavy atom. The van der Waals surface area contributed by atoms with Gasteiger partial charge in [0.05, 0.1) is 6.61 Å². The van der Waals surface area contributed by atoms with Crippen LogP contribution in [0.25, 0.3) is 11.1 Å². The van der Waals surface area contributed by atoms with Gasteiger partial charge in [-0.1, -0.05) is 36.4 Å². The SMILES string of the molecule is Cc1cc(OCCO)cc(C)c1-c1cccc(CCc2ccc3c(c2)CC2(CC2)C3CC(=O)[O-])c1C. The first-order valence-electron chi connectivity index (χ1n) is 13.1. The van der Waals surface area contributed by atoms with Crippen molar-refractivity contribution in [2.45, 2.75) is 65.2 Å². The van der Waals surface area contributed by atoms with Crippen molar-refractivity contribution in [2.24, 2.45) is 5.41 Å². The van der Waals surface area contributed by atoms with Gasteiger partial charge in [-0.2, -0.15) is 0 Å². The molecule has 0 amide bonds. The topological polar surface area (TPSA) is 69.6 Å². The summed E-state index contributed by atoms with van der Waals surface area (Å²) in [5.74, 6) is -0.0169. The van der Waals surface area contributed by atoms with Gasteiger partial charge in [-0.25, -0.2) is 0 Å². The quantitative estimate of drug-likeness (QED) is 0.465. The van der Waals surface area contributed by atoms with Gasteiger partial charge in [-0.3, -0.25) is 0 Å². The number of carboxylic acids is 1. The third-order valence-corrected chi connectivity index (χ3v) is 8.39. The van der Waals surface area contributed by atoms with Crippen molar-refractivity contribution in [2.75, 3.05) is 13.2 Å². The summed E-state index contributed by atoms with van der Waals surface area (Å²) in [5, 5.41) is 20.4. The zero-order valence-electron chi connectivity index (χ0n) is 21.5. The van der Waals surface area contributed by atoms with Gasteiger partial charge in [-0.15, -0.1) is 0 Å². The second kappa shape index (κ2) is 9.74. The van der Waals surface area contributed by atoms with E-state index in [-0.39, 0.29) is 24.4 Å². The number of hydrogen-bond donors (Lipinski definition) is 1. The normalized spacial score (nSPS) is 17.3. The van der Waals surface area contributed by atoms with Crippen LogP contribution in [0.4, 0.5) is 0 Å². The third kappa shape index (κ3) is 4.67. The molecule has 1 atom stereocenters. The van der Waals surface area contributed by atoms with Crippen molar-refractivity contribution >= 4 is 5.97 Å². The lowest BCUT2D eigenvalue weighted by molar-refractivity contribution is -0.306. The van der Waals surface area contributed by atoms with E-state index in [0.717, 1.165) is 37.9 Å². The number of aliphatic hydroxyl groups is 1. The minimum atomic E-state index is -0.934. The van der Waals surface area contributed by atoms with E-state index in [1.807, 2.05) is 0 Å². The van der Waals surface area contributed by atoms with Crippen molar-refractivity contribution in [3.8, 4) is 16.9 Å². The molecule has 0 radical (unpaired) electrons. The molecule has 188 valence electrons. The third-order valence-electron chi connectivity index (χ3n) is 8.39. The van der Waals surface area contributed by atoms with Crippen LogP contribution in [0.1, 0.15) is 64.1 Å². The highest BCUT2D eigenvalue weighted by molar-refractivity contribution is 5.75. The second-order valence-electron chi connectivity index (χ2n) is 10.8. The summed E-state index contributed by atoms with van der Waals surface area (Å²) in [4.78, 5) is 11.3. The summed E-state index contributed by atoms with van der Waals surface area (Å²) < 4.78 is 5.64. The number of rotatable bonds is 9. The second-order valence-corrected chi connectivity index (χ2v) is 10.8. The Morgan fingerprint density at radius 2 is 1.81 bits per heavy atom. The van der Waals surface area contributed by atoms with E-state index >= 15 is 0 Å². The zero-order valence-corrected chi connectivity index (χ0v) is 21.5. The molecule has 0 saturated heterocycles. The Balaban J connectivity index is 1.35. The van der Waals surface area contributed by atoms with Crippen molar-refractivity contribution in [3.63, 3.8) is 0 Å². The van der Waals surface area contributed by atoms with Gasteiger partial charge in [0.15, 0.2) is 0 Å². The molecule has 1 saturated carbocycles. The molecule has 4 heteroatoms. The minimum Gasteiger partial charge on any atom is -0.550 e. The lowest BCUT2D eigenvalue weighted by atomic mass is 9.86. The summed E-state index contributed by atoms with van der Waals surface area (Å²) in [6, 6.07) is 17.4. The Kier molecular flexibility index (Phi) is 6.65. The molecular formula is C32H35O4-. The van der Waals surface area contributed by atoms with Crippen LogP contribution in [0, 0.1) is 26.2 Å². The van der Waals surface area contributed by atoms with Gasteiger partial charge < -0.3 is 19.7 Å². The minimum absolute atomic E-state index is 0.00644. The van der Waals surface area contributed by atoms with E-state index in [9.17, 15) is 9.90 Å². The molecule has 2 aliphatic rings. The summed E-state index contributed by atoms with van der Waals surface area (Å²) in [6.07, 6.45) is 5.34. The summed E-state index contributed by atoms with van der Waals surface area (Å²) in [7, 11) is 0. The van der Waals surface area contributed by atoms with Crippen molar-refractivity contribution in [1.82, 2.24) is 0 Å². The molecular weight excluding hydrogens is 448 g/mol. The Bertz CT molecular complexity index is 1280. The number of ether oxygens (including phenoxy) is 1. The van der Waals surface area contributed by atoms with Crippen molar-refractivity contribution in [3.05, 3.63) is 87.5 Å². The van der Waals surface area contributed by atoms with Gasteiger partial charge in [0.2, 0.25) is 0 Å². The van der Waals surface area contributed by atoms with Gasteiger partial charge in [-0.05, 0) is 133 Å². The van der Waals surface area contributed by atoms with Crippen LogP contribution in [-0.2, 0) is 24.1 Å². The number of carbonyl (C=O) groups is 1. The molecule has 0 aliphatic heterocycles. The Morgan fingerprint density at radius 1 is 1.06 bits per heavy atom. The number of hydrogen-bond acceptors (Lipinski definition) is 4. The predicted octanol–water partition coefficient (Wildman–Crippen LogP) is 5.00. The molecule has 36 heavy (non-hydrogen) atoms. The van der Waals surface area contributed by atoms with Gasteiger partial charge in [0.1, 0.15) is 12.4 Å². The smallest absolute Gasteiger partial charge is 0.119 e. The highest BCUT2D eigenvalue weighted by Gasteiger charge is 2.53. The molecule has 2 aliphatic carbocycles. The van der Waals surface area contributed by atoms with Crippen LogP contribution >= 0.6 is 0 Å². The summed E-state index contributed by atoms with van der Waals surface area (Å²) in [6.45, 7) is 6.75. The molecule has 3 aromatic rings. The van der Waals surface area contributed by atoms with Gasteiger partial charge >= 0.3 is 0 Å². The average Bonchev–Trinajstić information content (AvgIpc) is 3.55. The molecule has 1 N–H and O–H groups in total. The largest absolute Gasteiger partial charge is 0.550 e. The average molecular weight is 484 g/mol. The maximum Gasteiger partial charge on any atom is 0.119 e. The number of benzene rings is 3. The number of aliphatic carboxylic acids is 1. The van der Waals surface area contributed by atoms with E-state index in [4.69, 9.17) is 9.84 Å². The fourth-order valence-electron chi connectivity index (χ4n) is 6.42. The molecule has 0 heterocycles. The monoisotopic (exact) mass is 483 g/mol. The zero-order chi connectivity index (χ0) is 25.4. The van der Waals surface area contributed by atoms with Crippen LogP contribution in [0.5, 0.6) is 5.75 Å². The van der Waals surface area contributed by atoms with Crippen molar-refractivity contribution in [1.29, 1.82) is 0 Å². The molecule has 0 aromatic heterocycles. The Hall–Kier alpha value is -3.11. The Labute approximate surface area is 214 Å². The lowest BCUT2D eigenvalue weighted by Crippen LogP contribution is -2.26. The number of aryl methyl sites for hydroxylation is 4. The highest BCUT2D eigenvalue weighted by Crippen LogP contribution is 2.64. The van der Waals surface area contributed by atoms with E-state index < -0.39 is 5.97 Å². The first-order chi connectivity index (χ1) is 17.3. The summed E-state index contributed by atoms with van der Waals surface area (Å²) in [5.41, 5.74) is 11.6. The van der Waals surface area contributed by atoms with E-state index in [2.05, 4.69) is 69.3 Å². The maximum absolute atomic E-state index is 11.3. The molecule has 5 rings (SSSR count). The number of carboxylic acid groups (broad SMARTS) is 1. The number of carbonyl (C=O) groups excluding carboxylic acids is 1. The van der Waals surface area contributed by atoms with Crippen molar-refractivity contribution < 1.29 is 19.7 Å². The fraction of sp³-hybridized carbons (Fsp3) is 0.406. The fourth-order valence-corrected chi connectivity index (χ4v) is 6.42. The van der Waals surface area contributed by atoms with Crippen LogP contribution in [0.2, 0.25) is 0 Å². The first kappa shape index (κ1) is 24.6. The first-order valence-corrected chi connectivity index (χ1v) is 13.1. The number of fused-ring (bicyclic) bond motifs is 1. The molecule has 3 aromatic carbocycles. The van der Waals surface area contributed by atoms with E-state index in [1.165, 1.54) is 50.1 Å². The molecule has 1 unspecified atom stereocenters.